The zero-order valence-corrected chi connectivity index (χ0v) is 29.3. The third-order valence-electron chi connectivity index (χ3n) is 8.38. The van der Waals surface area contributed by atoms with Gasteiger partial charge in [-0.25, -0.2) is 4.99 Å². The lowest BCUT2D eigenvalue weighted by molar-refractivity contribution is -0.137. The van der Waals surface area contributed by atoms with Crippen LogP contribution in [-0.2, 0) is 9.53 Å². The van der Waals surface area contributed by atoms with E-state index in [1.165, 1.54) is 154 Å². The number of nitrogens with zero attached hydrogens (tertiary/aromatic N) is 1. The molecule has 2 N–H and O–H groups in total. The lowest BCUT2D eigenvalue weighted by Gasteiger charge is -2.04. The van der Waals surface area contributed by atoms with Gasteiger partial charge in [0, 0.05) is 12.0 Å². The molecule has 1 aliphatic rings. The fourth-order valence-corrected chi connectivity index (χ4v) is 5.53. The van der Waals surface area contributed by atoms with Crippen LogP contribution in [0.4, 0.5) is 0 Å². The van der Waals surface area contributed by atoms with Crippen LogP contribution in [0.1, 0.15) is 194 Å². The minimum atomic E-state index is -0.664. The first-order valence-corrected chi connectivity index (χ1v) is 19.0. The lowest BCUT2D eigenvalue weighted by atomic mass is 10.0. The van der Waals surface area contributed by atoms with Crippen molar-refractivity contribution in [2.75, 3.05) is 19.8 Å². The maximum Gasteiger partial charge on any atom is 0.303 e. The molecular weight excluding hydrogens is 546 g/mol. The topological polar surface area (TPSA) is 79.1 Å². The molecule has 1 aliphatic heterocycles. The van der Waals surface area contributed by atoms with Crippen molar-refractivity contribution in [3.63, 3.8) is 0 Å². The summed E-state index contributed by atoms with van der Waals surface area (Å²) in [6.45, 7) is 5.96. The highest BCUT2D eigenvalue weighted by atomic mass is 16.5. The fraction of sp³-hybridized carbons (Fsp3) is 0.846. The van der Waals surface area contributed by atoms with E-state index in [1.807, 2.05) is 0 Å². The number of aliphatic hydroxyl groups is 1. The summed E-state index contributed by atoms with van der Waals surface area (Å²) in [4.78, 5) is 14.6. The molecule has 0 radical (unpaired) electrons. The zero-order valence-electron chi connectivity index (χ0n) is 29.3. The van der Waals surface area contributed by atoms with Crippen LogP contribution in [0.3, 0.4) is 0 Å². The molecule has 1 rings (SSSR count). The van der Waals surface area contributed by atoms with E-state index in [9.17, 15) is 9.90 Å². The Morgan fingerprint density at radius 1 is 0.636 bits per heavy atom. The van der Waals surface area contributed by atoms with Gasteiger partial charge in [0.1, 0.15) is 6.61 Å². The Morgan fingerprint density at radius 2 is 1.05 bits per heavy atom. The number of ether oxygens (including phenoxy) is 1. The Hall–Kier alpha value is -1.62. The van der Waals surface area contributed by atoms with E-state index in [2.05, 4.69) is 37.1 Å². The molecule has 0 spiro atoms. The van der Waals surface area contributed by atoms with Crippen molar-refractivity contribution in [3.05, 3.63) is 23.8 Å². The number of carboxylic acids is 1. The minimum absolute atomic E-state index is 0.0390. The van der Waals surface area contributed by atoms with Crippen molar-refractivity contribution in [1.29, 1.82) is 0 Å². The van der Waals surface area contributed by atoms with Crippen LogP contribution < -0.4 is 0 Å². The van der Waals surface area contributed by atoms with Gasteiger partial charge in [-0.15, -0.1) is 0 Å². The van der Waals surface area contributed by atoms with Gasteiger partial charge in [0.15, 0.2) is 0 Å². The number of aliphatic hydroxyl groups excluding tert-OH is 1. The number of allylic oxidation sites excluding steroid dienone is 3. The quantitative estimate of drug-likeness (QED) is 0.0597. The molecule has 0 aromatic carbocycles. The largest absolute Gasteiger partial charge is 0.481 e. The van der Waals surface area contributed by atoms with Crippen molar-refractivity contribution in [2.24, 2.45) is 4.99 Å². The lowest BCUT2D eigenvalue weighted by Crippen LogP contribution is -2.07. The van der Waals surface area contributed by atoms with Gasteiger partial charge in [-0.3, -0.25) is 4.79 Å². The van der Waals surface area contributed by atoms with Gasteiger partial charge in [-0.05, 0) is 44.9 Å². The van der Waals surface area contributed by atoms with Gasteiger partial charge in [0.25, 0.3) is 0 Å². The molecule has 0 aromatic rings. The predicted octanol–water partition coefficient (Wildman–Crippen LogP) is 11.9. The summed E-state index contributed by atoms with van der Waals surface area (Å²) in [6.07, 6.45) is 42.3. The third kappa shape index (κ3) is 31.8. The van der Waals surface area contributed by atoms with Gasteiger partial charge in [0.2, 0.25) is 5.90 Å². The number of carbonyl (C=O) groups is 1. The highest BCUT2D eigenvalue weighted by Gasteiger charge is 2.11. The first-order valence-electron chi connectivity index (χ1n) is 19.0. The monoisotopic (exact) mass is 620 g/mol. The molecule has 0 fully saturated rings. The van der Waals surface area contributed by atoms with Gasteiger partial charge in [0.05, 0.1) is 13.2 Å². The second-order valence-corrected chi connectivity index (χ2v) is 12.7. The first kappa shape index (κ1) is 42.4. The average Bonchev–Trinajstić information content (AvgIpc) is 3.56. The Bertz CT molecular complexity index is 700. The van der Waals surface area contributed by atoms with Crippen LogP contribution in [0, 0.1) is 0 Å². The number of hydrogen-bond donors (Lipinski definition) is 2. The van der Waals surface area contributed by atoms with Crippen molar-refractivity contribution in [1.82, 2.24) is 0 Å². The van der Waals surface area contributed by atoms with Crippen LogP contribution in [0.25, 0.3) is 0 Å². The molecule has 5 heteroatoms. The molecular formula is C39H73NO4. The highest BCUT2D eigenvalue weighted by molar-refractivity contribution is 5.94. The van der Waals surface area contributed by atoms with Gasteiger partial charge in [-0.2, -0.15) is 0 Å². The number of carboxylic acid groups (broad SMARTS) is 1. The third-order valence-corrected chi connectivity index (χ3v) is 8.38. The van der Waals surface area contributed by atoms with Crippen LogP contribution in [0.2, 0.25) is 0 Å². The van der Waals surface area contributed by atoms with E-state index in [-0.39, 0.29) is 6.61 Å². The summed E-state index contributed by atoms with van der Waals surface area (Å²) in [5.74, 6) is -0.00479. The molecule has 0 saturated heterocycles. The normalized spacial score (nSPS) is 13.2. The van der Waals surface area contributed by atoms with E-state index < -0.39 is 5.97 Å². The van der Waals surface area contributed by atoms with E-state index >= 15 is 0 Å². The second-order valence-electron chi connectivity index (χ2n) is 12.7. The Kier molecular flexibility index (Phi) is 34.5. The standard InChI is InChI=1S/C21H39NO2.C18H34O2/c1-2-3-4-5-6-7-8-9-10-11-12-13-14-15-16-20(19-23)21-22-17-18-24-21;1-2-3-4-5-6-7-8-9-10-11-12-13-14-15-16-17-18(19)20/h16,23H,2-15,17-19H2,1H3;9-10H,2-8,11-17H2,1H3,(H,19,20)/b;10-9-. The van der Waals surface area contributed by atoms with Gasteiger partial charge >= 0.3 is 5.97 Å². The maximum absolute atomic E-state index is 10.3. The smallest absolute Gasteiger partial charge is 0.303 e. The SMILES string of the molecule is CCCCCCCC/C=C\CCCCCCCC(=O)O.CCCCCCCCCCCCCCCC=C(CO)C1=NCCO1. The van der Waals surface area contributed by atoms with Crippen LogP contribution in [0.15, 0.2) is 28.8 Å². The van der Waals surface area contributed by atoms with E-state index in [4.69, 9.17) is 9.84 Å². The molecule has 44 heavy (non-hydrogen) atoms. The minimum Gasteiger partial charge on any atom is -0.481 e. The molecule has 0 bridgehead atoms. The molecule has 0 atom stereocenters. The summed E-state index contributed by atoms with van der Waals surface area (Å²) in [5, 5.41) is 17.9. The summed E-state index contributed by atoms with van der Waals surface area (Å²) < 4.78 is 5.40. The number of hydrogen-bond acceptors (Lipinski definition) is 4. The summed E-state index contributed by atoms with van der Waals surface area (Å²) in [7, 11) is 0. The van der Waals surface area contributed by atoms with Crippen molar-refractivity contribution in [3.8, 4) is 0 Å². The average molecular weight is 620 g/mol. The molecule has 258 valence electrons. The fourth-order valence-electron chi connectivity index (χ4n) is 5.53. The highest BCUT2D eigenvalue weighted by Crippen LogP contribution is 2.14. The van der Waals surface area contributed by atoms with Crippen LogP contribution in [0.5, 0.6) is 0 Å². The maximum atomic E-state index is 10.3. The summed E-state index contributed by atoms with van der Waals surface area (Å²) in [6, 6.07) is 0. The number of aliphatic imine (C=N–C) groups is 1. The first-order chi connectivity index (χ1) is 21.7. The Balaban J connectivity index is 0.000000856. The number of unbranched alkanes of at least 4 members (excludes halogenated alkanes) is 24. The molecule has 1 heterocycles. The Morgan fingerprint density at radius 3 is 1.43 bits per heavy atom. The molecule has 0 unspecified atom stereocenters. The van der Waals surface area contributed by atoms with E-state index in [0.717, 1.165) is 31.4 Å². The van der Waals surface area contributed by atoms with Gasteiger partial charge in [-0.1, -0.05) is 160 Å². The summed E-state index contributed by atoms with van der Waals surface area (Å²) >= 11 is 0. The van der Waals surface area contributed by atoms with Gasteiger partial charge < -0.3 is 14.9 Å². The van der Waals surface area contributed by atoms with Crippen LogP contribution >= 0.6 is 0 Å². The number of aliphatic carboxylic acids is 1. The van der Waals surface area contributed by atoms with E-state index in [0.29, 0.717) is 18.9 Å². The molecule has 0 amide bonds. The molecule has 0 aromatic heterocycles. The zero-order chi connectivity index (χ0) is 32.2. The predicted molar refractivity (Wildman–Crippen MR) is 191 cm³/mol. The second kappa shape index (κ2) is 35.9. The Labute approximate surface area is 273 Å². The van der Waals surface area contributed by atoms with Crippen molar-refractivity contribution < 1.29 is 19.7 Å². The number of rotatable bonds is 31. The molecule has 0 saturated carbocycles. The van der Waals surface area contributed by atoms with Crippen molar-refractivity contribution >= 4 is 11.9 Å². The van der Waals surface area contributed by atoms with Crippen LogP contribution in [-0.4, -0.2) is 41.8 Å². The molecule has 0 aliphatic carbocycles. The molecule has 5 nitrogen and oxygen atoms in total. The van der Waals surface area contributed by atoms with E-state index in [1.54, 1.807) is 0 Å². The van der Waals surface area contributed by atoms with Crippen molar-refractivity contribution in [2.45, 2.75) is 194 Å². The summed E-state index contributed by atoms with van der Waals surface area (Å²) in [5.41, 5.74) is 0.867.